The van der Waals surface area contributed by atoms with Crippen molar-refractivity contribution >= 4 is 23.0 Å². The van der Waals surface area contributed by atoms with Gasteiger partial charge in [-0.05, 0) is 38.5 Å². The third kappa shape index (κ3) is 2.80. The van der Waals surface area contributed by atoms with Crippen LogP contribution in [0, 0.1) is 32.1 Å². The lowest BCUT2D eigenvalue weighted by Crippen LogP contribution is -2.17. The number of primary amides is 1. The molecule has 2 N–H and O–H groups in total. The Hall–Kier alpha value is -3.31. The first kappa shape index (κ1) is 18.1. The number of nitriles is 1. The molecule has 1 amide bonds. The molecule has 0 radical (unpaired) electrons. The van der Waals surface area contributed by atoms with Crippen LogP contribution in [-0.4, -0.2) is 26.4 Å². The van der Waals surface area contributed by atoms with Gasteiger partial charge in [0, 0.05) is 16.0 Å². The summed E-state index contributed by atoms with van der Waals surface area (Å²) in [6, 6.07) is 8.97. The van der Waals surface area contributed by atoms with Crippen molar-refractivity contribution < 1.29 is 4.79 Å². The van der Waals surface area contributed by atoms with E-state index in [4.69, 9.17) is 10.7 Å². The number of amides is 1. The molecule has 0 spiro atoms. The molecular formula is C20H18N6OS. The zero-order valence-corrected chi connectivity index (χ0v) is 16.5. The highest BCUT2D eigenvalue weighted by Gasteiger charge is 2.32. The molecule has 7 nitrogen and oxygen atoms in total. The van der Waals surface area contributed by atoms with Crippen molar-refractivity contribution in [1.82, 2.24) is 14.8 Å². The molecule has 0 saturated carbocycles. The van der Waals surface area contributed by atoms with Gasteiger partial charge >= 0.3 is 0 Å². The lowest BCUT2D eigenvalue weighted by Gasteiger charge is -2.11. The number of aryl methyl sites for hydroxylation is 2. The average Bonchev–Trinajstić information content (AvgIpc) is 3.14. The van der Waals surface area contributed by atoms with Gasteiger partial charge in [-0.1, -0.05) is 12.1 Å². The maximum atomic E-state index is 11.7. The second-order valence-electron chi connectivity index (χ2n) is 6.76. The molecule has 0 unspecified atom stereocenters. The molecule has 8 heteroatoms. The average molecular weight is 390 g/mol. The largest absolute Gasteiger partial charge is 0.370 e. The molecule has 0 aliphatic carbocycles. The zero-order chi connectivity index (χ0) is 20.0. The summed E-state index contributed by atoms with van der Waals surface area (Å²) < 4.78 is 1.97. The monoisotopic (exact) mass is 390 g/mol. The highest BCUT2D eigenvalue weighted by atomic mass is 32.1. The number of hydrogen-bond donors (Lipinski definition) is 1. The third-order valence-electron chi connectivity index (χ3n) is 4.90. The number of nitrogens with two attached hydrogens (primary N) is 1. The number of aliphatic imine (C=N–C) groups is 1. The van der Waals surface area contributed by atoms with Crippen LogP contribution in [0.25, 0.3) is 5.00 Å². The third-order valence-corrected chi connectivity index (χ3v) is 6.09. The van der Waals surface area contributed by atoms with Crippen LogP contribution in [0.3, 0.4) is 0 Å². The number of carbonyl (C=O) groups excluding carboxylic acids is 1. The van der Waals surface area contributed by atoms with Crippen LogP contribution in [0.15, 0.2) is 29.3 Å². The van der Waals surface area contributed by atoms with Crippen LogP contribution in [0.2, 0.25) is 0 Å². The summed E-state index contributed by atoms with van der Waals surface area (Å²) in [4.78, 5) is 17.8. The van der Waals surface area contributed by atoms with E-state index in [1.807, 2.05) is 29.7 Å². The fourth-order valence-corrected chi connectivity index (χ4v) is 4.67. The van der Waals surface area contributed by atoms with E-state index in [9.17, 15) is 10.1 Å². The highest BCUT2D eigenvalue weighted by Crippen LogP contribution is 2.39. The quantitative estimate of drug-likeness (QED) is 0.741. The topological polar surface area (TPSA) is 110 Å². The summed E-state index contributed by atoms with van der Waals surface area (Å²) in [5.74, 6) is 0.878. The molecule has 0 fully saturated rings. The van der Waals surface area contributed by atoms with Gasteiger partial charge in [0.25, 0.3) is 0 Å². The lowest BCUT2D eigenvalue weighted by atomic mass is 9.98. The fraction of sp³-hybridized carbons (Fsp3) is 0.250. The summed E-state index contributed by atoms with van der Waals surface area (Å²) in [6.45, 7) is 6.01. The Morgan fingerprint density at radius 3 is 2.82 bits per heavy atom. The van der Waals surface area contributed by atoms with Gasteiger partial charge in [-0.2, -0.15) is 5.26 Å². The van der Waals surface area contributed by atoms with Crippen LogP contribution in [0.4, 0.5) is 0 Å². The Bertz CT molecular complexity index is 1180. The van der Waals surface area contributed by atoms with Crippen LogP contribution in [0.5, 0.6) is 0 Å². The van der Waals surface area contributed by atoms with Gasteiger partial charge in [0.05, 0.1) is 23.8 Å². The first-order chi connectivity index (χ1) is 13.4. The van der Waals surface area contributed by atoms with Crippen LogP contribution in [0.1, 0.15) is 51.2 Å². The smallest absolute Gasteiger partial charge is 0.220 e. The summed E-state index contributed by atoms with van der Waals surface area (Å²) >= 11 is 1.64. The molecular weight excluding hydrogens is 372 g/mol. The minimum absolute atomic E-state index is 0.0343. The molecule has 2 aromatic heterocycles. The Labute approximate surface area is 166 Å². The fourth-order valence-electron chi connectivity index (χ4n) is 3.45. The van der Waals surface area contributed by atoms with E-state index in [-0.39, 0.29) is 6.42 Å². The lowest BCUT2D eigenvalue weighted by molar-refractivity contribution is -0.118. The van der Waals surface area contributed by atoms with Gasteiger partial charge in [-0.15, -0.1) is 21.5 Å². The van der Waals surface area contributed by atoms with Crippen molar-refractivity contribution in [1.29, 1.82) is 5.26 Å². The summed E-state index contributed by atoms with van der Waals surface area (Å²) in [7, 11) is 0. The maximum Gasteiger partial charge on any atom is 0.220 e. The van der Waals surface area contributed by atoms with E-state index in [1.165, 1.54) is 4.88 Å². The normalized spacial score (nSPS) is 15.2. The molecule has 3 aromatic rings. The molecule has 1 aromatic carbocycles. The summed E-state index contributed by atoms with van der Waals surface area (Å²) in [6.07, 6.45) is 0.0343. The number of fused-ring (bicyclic) bond motifs is 3. The summed E-state index contributed by atoms with van der Waals surface area (Å²) in [5.41, 5.74) is 9.71. The first-order valence-corrected chi connectivity index (χ1v) is 9.61. The predicted molar refractivity (Wildman–Crippen MR) is 107 cm³/mol. The van der Waals surface area contributed by atoms with Crippen molar-refractivity contribution in [3.05, 3.63) is 63.0 Å². The second kappa shape index (κ2) is 6.69. The van der Waals surface area contributed by atoms with E-state index in [0.29, 0.717) is 11.4 Å². The van der Waals surface area contributed by atoms with E-state index in [0.717, 1.165) is 33.2 Å². The number of rotatable bonds is 3. The Kier molecular flexibility index (Phi) is 4.32. The number of hydrogen-bond acceptors (Lipinski definition) is 6. The minimum Gasteiger partial charge on any atom is -0.370 e. The number of benzene rings is 1. The molecule has 0 bridgehead atoms. The van der Waals surface area contributed by atoms with Gasteiger partial charge in [0.2, 0.25) is 5.91 Å². The standard InChI is InChI=1S/C20H18N6OS/c1-10-11(2)28-20-17(10)18(14-6-4-5-13(7-14)9-21)23-15(8-16(22)27)19-25-24-12(3)26(19)20/h4-7,15H,8H2,1-3H3,(H2,22,27)/t15-/m1/s1. The predicted octanol–water partition coefficient (Wildman–Crippen LogP) is 2.89. The molecule has 1 aliphatic rings. The van der Waals surface area contributed by atoms with Crippen LogP contribution < -0.4 is 5.73 Å². The number of thiophene rings is 1. The van der Waals surface area contributed by atoms with E-state index in [1.54, 1.807) is 17.4 Å². The Balaban J connectivity index is 2.05. The summed E-state index contributed by atoms with van der Waals surface area (Å²) in [5, 5.41) is 18.8. The molecule has 3 heterocycles. The van der Waals surface area contributed by atoms with Gasteiger partial charge in [-0.25, -0.2) is 0 Å². The van der Waals surface area contributed by atoms with Crippen molar-refractivity contribution in [3.8, 4) is 11.1 Å². The molecule has 0 saturated heterocycles. The number of aromatic nitrogens is 3. The molecule has 1 atom stereocenters. The van der Waals surface area contributed by atoms with Gasteiger partial charge < -0.3 is 5.73 Å². The van der Waals surface area contributed by atoms with Gasteiger partial charge in [0.15, 0.2) is 5.82 Å². The highest BCUT2D eigenvalue weighted by molar-refractivity contribution is 7.15. The van der Waals surface area contributed by atoms with E-state index < -0.39 is 11.9 Å². The molecule has 1 aliphatic heterocycles. The van der Waals surface area contributed by atoms with Crippen LogP contribution in [-0.2, 0) is 4.79 Å². The van der Waals surface area contributed by atoms with Gasteiger partial charge in [-0.3, -0.25) is 14.4 Å². The Morgan fingerprint density at radius 1 is 1.32 bits per heavy atom. The molecule has 28 heavy (non-hydrogen) atoms. The second-order valence-corrected chi connectivity index (χ2v) is 7.96. The van der Waals surface area contributed by atoms with Crippen LogP contribution >= 0.6 is 11.3 Å². The zero-order valence-electron chi connectivity index (χ0n) is 15.7. The minimum atomic E-state index is -0.543. The molecule has 4 rings (SSSR count). The first-order valence-electron chi connectivity index (χ1n) is 8.80. The number of carbonyl (C=O) groups is 1. The van der Waals surface area contributed by atoms with Crippen molar-refractivity contribution in [3.63, 3.8) is 0 Å². The maximum absolute atomic E-state index is 11.7. The van der Waals surface area contributed by atoms with Crippen molar-refractivity contribution in [2.45, 2.75) is 33.2 Å². The van der Waals surface area contributed by atoms with E-state index in [2.05, 4.69) is 30.1 Å². The Morgan fingerprint density at radius 2 is 2.11 bits per heavy atom. The van der Waals surface area contributed by atoms with E-state index >= 15 is 0 Å². The molecule has 140 valence electrons. The van der Waals surface area contributed by atoms with Crippen molar-refractivity contribution in [2.24, 2.45) is 10.7 Å². The van der Waals surface area contributed by atoms with Crippen molar-refractivity contribution in [2.75, 3.05) is 0 Å². The van der Waals surface area contributed by atoms with Gasteiger partial charge in [0.1, 0.15) is 16.9 Å². The SMILES string of the molecule is Cc1sc2c(c1C)C(c1cccc(C#N)c1)=N[C@H](CC(N)=O)c1nnc(C)n1-2. The number of nitrogens with zero attached hydrogens (tertiary/aromatic N) is 5.